The standard InChI is InChI=1S/C25H31N5O3/c1-17-14-19-15-22(32-4)23(33-5)16-21(19)24(27-30(17)25(31)26-2)18-6-8-20(9-7-18)29-12-10-28(3)11-13-29/h6-9,14-16H,10-13H2,1-5H3,(H,26,31). The smallest absolute Gasteiger partial charge is 0.342 e. The molecule has 2 heterocycles. The van der Waals surface area contributed by atoms with Crippen molar-refractivity contribution < 1.29 is 14.3 Å². The number of piperazine rings is 1. The van der Waals surface area contributed by atoms with Crippen molar-refractivity contribution in [3.63, 3.8) is 0 Å². The molecular formula is C25H31N5O3. The van der Waals surface area contributed by atoms with E-state index in [-0.39, 0.29) is 6.03 Å². The summed E-state index contributed by atoms with van der Waals surface area (Å²) in [6.07, 6.45) is 1.93. The van der Waals surface area contributed by atoms with E-state index in [1.807, 2.05) is 25.1 Å². The highest BCUT2D eigenvalue weighted by Crippen LogP contribution is 2.35. The first-order valence-corrected chi connectivity index (χ1v) is 11.0. The van der Waals surface area contributed by atoms with Crippen molar-refractivity contribution in [2.75, 3.05) is 59.4 Å². The van der Waals surface area contributed by atoms with Crippen LogP contribution in [-0.4, -0.2) is 76.1 Å². The van der Waals surface area contributed by atoms with E-state index >= 15 is 0 Å². The van der Waals surface area contributed by atoms with Gasteiger partial charge in [-0.1, -0.05) is 12.1 Å². The first-order valence-electron chi connectivity index (χ1n) is 11.0. The average Bonchev–Trinajstić information content (AvgIpc) is 2.98. The summed E-state index contributed by atoms with van der Waals surface area (Å²) in [5.74, 6) is 1.23. The van der Waals surface area contributed by atoms with Crippen molar-refractivity contribution in [2.45, 2.75) is 6.92 Å². The Balaban J connectivity index is 1.79. The zero-order chi connectivity index (χ0) is 23.5. The van der Waals surface area contributed by atoms with Crippen molar-refractivity contribution in [1.29, 1.82) is 0 Å². The van der Waals surface area contributed by atoms with Crippen LogP contribution < -0.4 is 19.7 Å². The minimum Gasteiger partial charge on any atom is -0.493 e. The second-order valence-corrected chi connectivity index (χ2v) is 8.23. The van der Waals surface area contributed by atoms with Crippen LogP contribution in [-0.2, 0) is 0 Å². The van der Waals surface area contributed by atoms with Crippen LogP contribution >= 0.6 is 0 Å². The highest BCUT2D eigenvalue weighted by atomic mass is 16.5. The van der Waals surface area contributed by atoms with Gasteiger partial charge in [-0.05, 0) is 49.9 Å². The number of rotatable bonds is 4. The van der Waals surface area contributed by atoms with E-state index in [1.165, 1.54) is 10.7 Å². The summed E-state index contributed by atoms with van der Waals surface area (Å²) in [5.41, 5.74) is 5.26. The summed E-state index contributed by atoms with van der Waals surface area (Å²) in [4.78, 5) is 17.3. The van der Waals surface area contributed by atoms with Gasteiger partial charge in [0.2, 0.25) is 0 Å². The monoisotopic (exact) mass is 449 g/mol. The molecule has 1 saturated heterocycles. The van der Waals surface area contributed by atoms with Crippen LogP contribution in [0.1, 0.15) is 23.6 Å². The van der Waals surface area contributed by atoms with E-state index in [2.05, 4.69) is 46.4 Å². The number of benzene rings is 2. The lowest BCUT2D eigenvalue weighted by molar-refractivity contribution is 0.215. The van der Waals surface area contributed by atoms with E-state index in [0.717, 1.165) is 42.9 Å². The van der Waals surface area contributed by atoms with Crippen molar-refractivity contribution in [1.82, 2.24) is 15.2 Å². The molecule has 4 rings (SSSR count). The van der Waals surface area contributed by atoms with Gasteiger partial charge in [-0.25, -0.2) is 4.79 Å². The number of methoxy groups -OCH3 is 2. The number of carbonyl (C=O) groups excluding carboxylic acids is 1. The number of anilines is 1. The number of hydrogen-bond acceptors (Lipinski definition) is 6. The van der Waals surface area contributed by atoms with Gasteiger partial charge in [0, 0.05) is 55.7 Å². The molecule has 2 aromatic rings. The zero-order valence-corrected chi connectivity index (χ0v) is 19.9. The first kappa shape index (κ1) is 22.7. The molecule has 0 radical (unpaired) electrons. The maximum Gasteiger partial charge on any atom is 0.342 e. The SMILES string of the molecule is CNC(=O)N1N=C(c2ccc(N3CCN(C)CC3)cc2)c2cc(OC)c(OC)cc2C=C1C. The molecule has 0 saturated carbocycles. The number of nitrogens with zero attached hydrogens (tertiary/aromatic N) is 4. The van der Waals surface area contributed by atoms with Crippen LogP contribution in [0.3, 0.4) is 0 Å². The van der Waals surface area contributed by atoms with Gasteiger partial charge in [-0.15, -0.1) is 0 Å². The molecule has 0 aliphatic carbocycles. The molecule has 2 aliphatic heterocycles. The number of ether oxygens (including phenoxy) is 2. The van der Waals surface area contributed by atoms with E-state index in [4.69, 9.17) is 14.6 Å². The van der Waals surface area contributed by atoms with Gasteiger partial charge in [0.25, 0.3) is 0 Å². The average molecular weight is 450 g/mol. The van der Waals surface area contributed by atoms with Crippen LogP contribution in [0.4, 0.5) is 10.5 Å². The van der Waals surface area contributed by atoms with Gasteiger partial charge in [0.05, 0.1) is 19.9 Å². The number of hydrazone groups is 1. The second-order valence-electron chi connectivity index (χ2n) is 8.23. The van der Waals surface area contributed by atoms with Crippen LogP contribution in [0.25, 0.3) is 6.08 Å². The summed E-state index contributed by atoms with van der Waals surface area (Å²) in [7, 11) is 6.97. The Morgan fingerprint density at radius 3 is 2.24 bits per heavy atom. The summed E-state index contributed by atoms with van der Waals surface area (Å²) in [6.45, 7) is 5.97. The second kappa shape index (κ2) is 9.54. The molecule has 174 valence electrons. The Morgan fingerprint density at radius 2 is 1.64 bits per heavy atom. The highest BCUT2D eigenvalue weighted by molar-refractivity contribution is 6.16. The third-order valence-electron chi connectivity index (χ3n) is 6.12. The lowest BCUT2D eigenvalue weighted by atomic mass is 9.96. The summed E-state index contributed by atoms with van der Waals surface area (Å²) in [6, 6.07) is 11.9. The predicted molar refractivity (Wildman–Crippen MR) is 131 cm³/mol. The molecule has 0 unspecified atom stereocenters. The third kappa shape index (κ3) is 4.52. The number of nitrogens with one attached hydrogen (secondary N) is 1. The molecule has 2 aliphatic rings. The molecule has 33 heavy (non-hydrogen) atoms. The Bertz CT molecular complexity index is 1090. The predicted octanol–water partition coefficient (Wildman–Crippen LogP) is 3.22. The summed E-state index contributed by atoms with van der Waals surface area (Å²) in [5, 5.41) is 8.84. The normalized spacial score (nSPS) is 16.4. The number of amides is 2. The molecular weight excluding hydrogens is 418 g/mol. The lowest BCUT2D eigenvalue weighted by Crippen LogP contribution is -2.44. The number of carbonyl (C=O) groups is 1. The number of fused-ring (bicyclic) bond motifs is 1. The van der Waals surface area contributed by atoms with Crippen LogP contribution in [0.15, 0.2) is 47.2 Å². The maximum absolute atomic E-state index is 12.6. The number of likely N-dealkylation sites (N-methyl/N-ethyl adjacent to an activating group) is 1. The molecule has 8 nitrogen and oxygen atoms in total. The number of allylic oxidation sites excluding steroid dienone is 1. The third-order valence-corrected chi connectivity index (χ3v) is 6.12. The van der Waals surface area contributed by atoms with Crippen molar-refractivity contribution in [3.05, 3.63) is 58.8 Å². The fourth-order valence-electron chi connectivity index (χ4n) is 4.16. The molecule has 8 heteroatoms. The minimum absolute atomic E-state index is 0.304. The fraction of sp³-hybridized carbons (Fsp3) is 0.360. The Morgan fingerprint density at radius 1 is 1.00 bits per heavy atom. The molecule has 1 fully saturated rings. The largest absolute Gasteiger partial charge is 0.493 e. The molecule has 2 aromatic carbocycles. The maximum atomic E-state index is 12.6. The van der Waals surface area contributed by atoms with Gasteiger partial charge in [0.1, 0.15) is 0 Å². The van der Waals surface area contributed by atoms with Crippen molar-refractivity contribution >= 4 is 23.5 Å². The Labute approximate surface area is 195 Å². The van der Waals surface area contributed by atoms with Crippen LogP contribution in [0.2, 0.25) is 0 Å². The topological polar surface area (TPSA) is 69.6 Å². The molecule has 0 spiro atoms. The minimum atomic E-state index is -0.304. The van der Waals surface area contributed by atoms with Gasteiger partial charge >= 0.3 is 6.03 Å². The number of urea groups is 1. The van der Waals surface area contributed by atoms with Crippen LogP contribution in [0.5, 0.6) is 11.5 Å². The molecule has 2 amide bonds. The van der Waals surface area contributed by atoms with Crippen molar-refractivity contribution in [2.24, 2.45) is 5.10 Å². The Kier molecular flexibility index (Phi) is 6.55. The fourth-order valence-corrected chi connectivity index (χ4v) is 4.16. The quantitative estimate of drug-likeness (QED) is 0.776. The van der Waals surface area contributed by atoms with E-state index in [9.17, 15) is 4.79 Å². The van der Waals surface area contributed by atoms with Gasteiger partial charge < -0.3 is 24.6 Å². The van der Waals surface area contributed by atoms with Gasteiger partial charge in [-0.3, -0.25) is 0 Å². The molecule has 0 bridgehead atoms. The zero-order valence-electron chi connectivity index (χ0n) is 19.9. The van der Waals surface area contributed by atoms with E-state index in [0.29, 0.717) is 22.9 Å². The lowest BCUT2D eigenvalue weighted by Gasteiger charge is -2.34. The van der Waals surface area contributed by atoms with E-state index < -0.39 is 0 Å². The molecule has 1 N–H and O–H groups in total. The number of hydrogen-bond donors (Lipinski definition) is 1. The Hall–Kier alpha value is -3.52. The van der Waals surface area contributed by atoms with Gasteiger partial charge in [-0.2, -0.15) is 10.1 Å². The first-order chi connectivity index (χ1) is 15.9. The van der Waals surface area contributed by atoms with Crippen molar-refractivity contribution in [3.8, 4) is 11.5 Å². The van der Waals surface area contributed by atoms with Crippen LogP contribution in [0, 0.1) is 0 Å². The summed E-state index contributed by atoms with van der Waals surface area (Å²) >= 11 is 0. The van der Waals surface area contributed by atoms with Gasteiger partial charge in [0.15, 0.2) is 11.5 Å². The summed E-state index contributed by atoms with van der Waals surface area (Å²) < 4.78 is 11.1. The molecule has 0 atom stereocenters. The van der Waals surface area contributed by atoms with E-state index in [1.54, 1.807) is 21.3 Å². The molecule has 0 aromatic heterocycles. The highest BCUT2D eigenvalue weighted by Gasteiger charge is 2.24.